The lowest BCUT2D eigenvalue weighted by molar-refractivity contribution is 0.0146. The quantitative estimate of drug-likeness (QED) is 0.272. The lowest BCUT2D eigenvalue weighted by Gasteiger charge is -2.10. The van der Waals surface area contributed by atoms with Gasteiger partial charge < -0.3 is 14.6 Å². The second-order valence-electron chi connectivity index (χ2n) is 8.24. The van der Waals surface area contributed by atoms with Crippen LogP contribution in [0.1, 0.15) is 110 Å². The van der Waals surface area contributed by atoms with Gasteiger partial charge in [0.05, 0.1) is 12.7 Å². The summed E-state index contributed by atoms with van der Waals surface area (Å²) < 4.78 is 11.5. The highest BCUT2D eigenvalue weighted by Gasteiger charge is 2.24. The fourth-order valence-electron chi connectivity index (χ4n) is 3.90. The molecule has 1 aliphatic rings. The molecule has 0 aromatic rings. The van der Waals surface area contributed by atoms with Crippen molar-refractivity contribution in [1.82, 2.24) is 0 Å². The van der Waals surface area contributed by atoms with Gasteiger partial charge in [0.1, 0.15) is 0 Å². The first-order valence-corrected chi connectivity index (χ1v) is 11.7. The van der Waals surface area contributed by atoms with E-state index < -0.39 is 0 Å². The largest absolute Gasteiger partial charge is 0.396 e. The Kier molecular flexibility index (Phi) is 16.8. The van der Waals surface area contributed by atoms with Crippen molar-refractivity contribution in [2.75, 3.05) is 26.4 Å². The first kappa shape index (κ1) is 23.9. The fraction of sp³-hybridized carbons (Fsp3) is 1.00. The van der Waals surface area contributed by atoms with Crippen molar-refractivity contribution in [2.45, 2.75) is 116 Å². The van der Waals surface area contributed by atoms with Gasteiger partial charge in [0.25, 0.3) is 0 Å². The van der Waals surface area contributed by atoms with Crippen LogP contribution in [-0.4, -0.2) is 37.6 Å². The fourth-order valence-corrected chi connectivity index (χ4v) is 3.90. The van der Waals surface area contributed by atoms with Gasteiger partial charge in [-0.05, 0) is 31.6 Å². The van der Waals surface area contributed by atoms with Crippen LogP contribution in [-0.2, 0) is 9.47 Å². The number of unbranched alkanes of at least 4 members (excludes halogenated alkanes) is 12. The molecule has 3 nitrogen and oxygen atoms in total. The number of rotatable bonds is 19. The second kappa shape index (κ2) is 18.3. The van der Waals surface area contributed by atoms with E-state index in [2.05, 4.69) is 6.92 Å². The molecule has 156 valence electrons. The van der Waals surface area contributed by atoms with Crippen LogP contribution in [0.3, 0.4) is 0 Å². The van der Waals surface area contributed by atoms with Gasteiger partial charge in [0.15, 0.2) is 0 Å². The molecule has 0 bridgehead atoms. The highest BCUT2D eigenvalue weighted by molar-refractivity contribution is 4.73. The van der Waals surface area contributed by atoms with E-state index in [-0.39, 0.29) is 6.61 Å². The molecule has 1 rings (SSSR count). The summed E-state index contributed by atoms with van der Waals surface area (Å²) in [6, 6.07) is 0. The average molecular weight is 371 g/mol. The number of aliphatic hydroxyl groups excluding tert-OH is 1. The topological polar surface area (TPSA) is 38.7 Å². The third-order valence-corrected chi connectivity index (χ3v) is 5.63. The summed E-state index contributed by atoms with van der Waals surface area (Å²) in [7, 11) is 0. The zero-order valence-corrected chi connectivity index (χ0v) is 17.6. The molecule has 2 atom stereocenters. The van der Waals surface area contributed by atoms with Crippen molar-refractivity contribution >= 4 is 0 Å². The van der Waals surface area contributed by atoms with Gasteiger partial charge in [-0.3, -0.25) is 0 Å². The minimum Gasteiger partial charge on any atom is -0.396 e. The van der Waals surface area contributed by atoms with Crippen molar-refractivity contribution in [2.24, 2.45) is 5.92 Å². The molecule has 1 aliphatic heterocycles. The van der Waals surface area contributed by atoms with Crippen molar-refractivity contribution in [3.8, 4) is 0 Å². The van der Waals surface area contributed by atoms with Gasteiger partial charge >= 0.3 is 0 Å². The first-order valence-electron chi connectivity index (χ1n) is 11.7. The molecule has 0 amide bonds. The zero-order valence-electron chi connectivity index (χ0n) is 17.6. The van der Waals surface area contributed by atoms with E-state index >= 15 is 0 Å². The SMILES string of the molecule is CCCCCCCCCCCCCC[C@H]1CO[C@H](COCCCCO)C1. The summed E-state index contributed by atoms with van der Waals surface area (Å²) in [6.45, 7) is 4.98. The number of aliphatic hydroxyl groups is 1. The maximum atomic E-state index is 8.74. The maximum absolute atomic E-state index is 8.74. The van der Waals surface area contributed by atoms with E-state index in [1.807, 2.05) is 0 Å². The van der Waals surface area contributed by atoms with Gasteiger partial charge in [-0.25, -0.2) is 0 Å². The van der Waals surface area contributed by atoms with E-state index in [0.29, 0.717) is 6.10 Å². The third kappa shape index (κ3) is 14.0. The normalized spacial score (nSPS) is 20.1. The molecule has 3 heteroatoms. The summed E-state index contributed by atoms with van der Waals surface area (Å²) in [5.41, 5.74) is 0. The molecular formula is C23H46O3. The van der Waals surface area contributed by atoms with E-state index in [1.165, 1.54) is 89.9 Å². The van der Waals surface area contributed by atoms with Crippen LogP contribution >= 0.6 is 0 Å². The number of hydrogen-bond donors (Lipinski definition) is 1. The van der Waals surface area contributed by atoms with Gasteiger partial charge in [0.2, 0.25) is 0 Å². The molecular weight excluding hydrogens is 324 g/mol. The third-order valence-electron chi connectivity index (χ3n) is 5.63. The van der Waals surface area contributed by atoms with Gasteiger partial charge in [-0.1, -0.05) is 84.0 Å². The van der Waals surface area contributed by atoms with Gasteiger partial charge in [-0.2, -0.15) is 0 Å². The highest BCUT2D eigenvalue weighted by atomic mass is 16.5. The Bertz CT molecular complexity index is 283. The Balaban J connectivity index is 1.79. The van der Waals surface area contributed by atoms with Crippen molar-refractivity contribution in [3.63, 3.8) is 0 Å². The molecule has 0 unspecified atom stereocenters. The summed E-state index contributed by atoms with van der Waals surface area (Å²) in [5.74, 6) is 0.754. The predicted octanol–water partition coefficient (Wildman–Crippen LogP) is 6.27. The van der Waals surface area contributed by atoms with Crippen molar-refractivity contribution < 1.29 is 14.6 Å². The van der Waals surface area contributed by atoms with Crippen LogP contribution in [0.4, 0.5) is 0 Å². The molecule has 1 N–H and O–H groups in total. The molecule has 0 aromatic heterocycles. The monoisotopic (exact) mass is 370 g/mol. The van der Waals surface area contributed by atoms with Crippen LogP contribution in [0, 0.1) is 5.92 Å². The number of hydrogen-bond acceptors (Lipinski definition) is 3. The molecule has 0 spiro atoms. The van der Waals surface area contributed by atoms with Crippen LogP contribution in [0.25, 0.3) is 0 Å². The Morgan fingerprint density at radius 3 is 2.04 bits per heavy atom. The van der Waals surface area contributed by atoms with Gasteiger partial charge in [-0.15, -0.1) is 0 Å². The standard InChI is InChI=1S/C23H46O3/c1-2-3-4-5-6-7-8-9-10-11-12-13-16-22-19-23(26-20-22)21-25-18-15-14-17-24/h22-24H,2-21H2,1H3/t22-,23+/m1/s1. The molecule has 0 radical (unpaired) electrons. The Hall–Kier alpha value is -0.120. The summed E-state index contributed by atoms with van der Waals surface area (Å²) >= 11 is 0. The highest BCUT2D eigenvalue weighted by Crippen LogP contribution is 2.25. The van der Waals surface area contributed by atoms with E-state index in [1.54, 1.807) is 0 Å². The lowest BCUT2D eigenvalue weighted by Crippen LogP contribution is -2.15. The molecule has 1 heterocycles. The Labute approximate surface area is 163 Å². The van der Waals surface area contributed by atoms with Gasteiger partial charge in [0, 0.05) is 19.8 Å². The maximum Gasteiger partial charge on any atom is 0.0812 e. The zero-order chi connectivity index (χ0) is 18.7. The van der Waals surface area contributed by atoms with E-state index in [4.69, 9.17) is 14.6 Å². The van der Waals surface area contributed by atoms with E-state index in [0.717, 1.165) is 38.6 Å². The average Bonchev–Trinajstić information content (AvgIpc) is 3.10. The molecule has 0 aromatic carbocycles. The molecule has 0 saturated carbocycles. The van der Waals surface area contributed by atoms with E-state index in [9.17, 15) is 0 Å². The van der Waals surface area contributed by atoms with Crippen LogP contribution in [0.2, 0.25) is 0 Å². The summed E-state index contributed by atoms with van der Waals surface area (Å²) in [4.78, 5) is 0. The van der Waals surface area contributed by atoms with Crippen molar-refractivity contribution in [3.05, 3.63) is 0 Å². The minimum absolute atomic E-state index is 0.268. The second-order valence-corrected chi connectivity index (χ2v) is 8.24. The number of ether oxygens (including phenoxy) is 2. The van der Waals surface area contributed by atoms with Crippen LogP contribution < -0.4 is 0 Å². The Morgan fingerprint density at radius 1 is 0.808 bits per heavy atom. The van der Waals surface area contributed by atoms with Crippen molar-refractivity contribution in [1.29, 1.82) is 0 Å². The minimum atomic E-state index is 0.268. The summed E-state index contributed by atoms with van der Waals surface area (Å²) in [6.07, 6.45) is 21.7. The summed E-state index contributed by atoms with van der Waals surface area (Å²) in [5, 5.41) is 8.74. The van der Waals surface area contributed by atoms with Crippen LogP contribution in [0.5, 0.6) is 0 Å². The van der Waals surface area contributed by atoms with Crippen LogP contribution in [0.15, 0.2) is 0 Å². The lowest BCUT2D eigenvalue weighted by atomic mass is 9.97. The predicted molar refractivity (Wildman–Crippen MR) is 111 cm³/mol. The first-order chi connectivity index (χ1) is 12.9. The molecule has 26 heavy (non-hydrogen) atoms. The Morgan fingerprint density at radius 2 is 1.42 bits per heavy atom. The molecule has 1 fully saturated rings. The molecule has 1 saturated heterocycles. The smallest absolute Gasteiger partial charge is 0.0812 e. The molecule has 0 aliphatic carbocycles.